The Labute approximate surface area is 243 Å². The highest BCUT2D eigenvalue weighted by Gasteiger charge is 2.36. The molecule has 0 aliphatic heterocycles. The van der Waals surface area contributed by atoms with E-state index in [-0.39, 0.29) is 5.41 Å². The van der Waals surface area contributed by atoms with Crippen molar-refractivity contribution in [3.8, 4) is 11.1 Å². The molecule has 3 heteroatoms. The van der Waals surface area contributed by atoms with E-state index in [1.807, 2.05) is 24.3 Å². The van der Waals surface area contributed by atoms with E-state index in [9.17, 15) is 0 Å². The second-order valence-electron chi connectivity index (χ2n) is 11.8. The first kappa shape index (κ1) is 23.4. The van der Waals surface area contributed by atoms with Crippen molar-refractivity contribution >= 4 is 60.9 Å². The predicted molar refractivity (Wildman–Crippen MR) is 173 cm³/mol. The third-order valence-electron chi connectivity index (χ3n) is 9.07. The smallest absolute Gasteiger partial charge is 0.137 e. The molecule has 8 aromatic rings. The minimum atomic E-state index is -0.107. The van der Waals surface area contributed by atoms with Crippen molar-refractivity contribution in [3.63, 3.8) is 0 Å². The molecule has 2 aromatic heterocycles. The molecule has 1 aliphatic carbocycles. The van der Waals surface area contributed by atoms with Crippen LogP contribution in [-0.2, 0) is 5.41 Å². The van der Waals surface area contributed by atoms with Gasteiger partial charge >= 0.3 is 0 Å². The molecule has 0 N–H and O–H groups in total. The van der Waals surface area contributed by atoms with Crippen molar-refractivity contribution in [1.29, 1.82) is 0 Å². The van der Waals surface area contributed by atoms with E-state index in [1.165, 1.54) is 22.3 Å². The van der Waals surface area contributed by atoms with Gasteiger partial charge < -0.3 is 13.7 Å². The second kappa shape index (κ2) is 8.37. The zero-order valence-corrected chi connectivity index (χ0v) is 23.4. The molecule has 6 aromatic carbocycles. The van der Waals surface area contributed by atoms with Gasteiger partial charge in [-0.15, -0.1) is 0 Å². The summed E-state index contributed by atoms with van der Waals surface area (Å²) in [4.78, 5) is 2.36. The molecule has 1 aliphatic rings. The van der Waals surface area contributed by atoms with Gasteiger partial charge in [0.25, 0.3) is 0 Å². The summed E-state index contributed by atoms with van der Waals surface area (Å²) in [5.74, 6) is 0. The molecule has 0 spiro atoms. The van der Waals surface area contributed by atoms with Gasteiger partial charge in [-0.25, -0.2) is 0 Å². The standard InChI is InChI=1S/C39H27NO2/c1-39(2)31-13-6-3-10-26(31)27-20-18-24(22-32(27)39)40(25-19-21-29-28-11-4-7-15-34(28)42-37(29)23-25)33-14-9-17-36-38(33)30-12-5-8-16-35(30)41-36/h3-23H,1-2H3. The van der Waals surface area contributed by atoms with Gasteiger partial charge in [0.1, 0.15) is 22.3 Å². The summed E-state index contributed by atoms with van der Waals surface area (Å²) < 4.78 is 12.7. The van der Waals surface area contributed by atoms with Crippen LogP contribution in [0, 0.1) is 0 Å². The van der Waals surface area contributed by atoms with Gasteiger partial charge in [-0.1, -0.05) is 86.6 Å². The zero-order chi connectivity index (χ0) is 28.0. The van der Waals surface area contributed by atoms with Crippen molar-refractivity contribution < 1.29 is 8.83 Å². The maximum Gasteiger partial charge on any atom is 0.137 e. The molecule has 42 heavy (non-hydrogen) atoms. The van der Waals surface area contributed by atoms with Gasteiger partial charge in [0.2, 0.25) is 0 Å². The Morgan fingerprint density at radius 1 is 0.476 bits per heavy atom. The molecule has 0 radical (unpaired) electrons. The van der Waals surface area contributed by atoms with Gasteiger partial charge in [0.05, 0.1) is 11.1 Å². The number of furan rings is 2. The highest BCUT2D eigenvalue weighted by atomic mass is 16.3. The molecule has 0 atom stereocenters. The predicted octanol–water partition coefficient (Wildman–Crippen LogP) is 11.3. The van der Waals surface area contributed by atoms with E-state index in [4.69, 9.17) is 8.83 Å². The Hall–Kier alpha value is -5.28. The average Bonchev–Trinajstić information content (AvgIpc) is 3.66. The highest BCUT2D eigenvalue weighted by Crippen LogP contribution is 2.51. The minimum Gasteiger partial charge on any atom is -0.456 e. The lowest BCUT2D eigenvalue weighted by Crippen LogP contribution is -2.16. The van der Waals surface area contributed by atoms with Crippen molar-refractivity contribution in [2.75, 3.05) is 4.90 Å². The number of fused-ring (bicyclic) bond motifs is 9. The minimum absolute atomic E-state index is 0.107. The molecule has 3 nitrogen and oxygen atoms in total. The average molecular weight is 542 g/mol. The topological polar surface area (TPSA) is 29.5 Å². The Bertz CT molecular complexity index is 2350. The Balaban J connectivity index is 1.33. The number of rotatable bonds is 3. The van der Waals surface area contributed by atoms with E-state index in [0.29, 0.717) is 0 Å². The number of anilines is 3. The van der Waals surface area contributed by atoms with Crippen LogP contribution in [0.5, 0.6) is 0 Å². The maximum atomic E-state index is 6.36. The lowest BCUT2D eigenvalue weighted by Gasteiger charge is -2.28. The summed E-state index contributed by atoms with van der Waals surface area (Å²) in [5.41, 5.74) is 12.0. The first-order chi connectivity index (χ1) is 20.6. The summed E-state index contributed by atoms with van der Waals surface area (Å²) in [5, 5.41) is 4.45. The van der Waals surface area contributed by atoms with Gasteiger partial charge in [-0.05, 0) is 70.8 Å². The summed E-state index contributed by atoms with van der Waals surface area (Å²) in [6, 6.07) is 45.1. The van der Waals surface area contributed by atoms with Crippen molar-refractivity contribution in [3.05, 3.63) is 139 Å². The fraction of sp³-hybridized carbons (Fsp3) is 0.0769. The largest absolute Gasteiger partial charge is 0.456 e. The summed E-state index contributed by atoms with van der Waals surface area (Å²) in [7, 11) is 0. The van der Waals surface area contributed by atoms with Crippen LogP contribution in [-0.4, -0.2) is 0 Å². The first-order valence-corrected chi connectivity index (χ1v) is 14.4. The highest BCUT2D eigenvalue weighted by molar-refractivity contribution is 6.14. The zero-order valence-electron chi connectivity index (χ0n) is 23.4. The SMILES string of the molecule is CC1(C)c2ccccc2-c2ccc(N(c3ccc4c(c3)oc3ccccc34)c3cccc4oc5ccccc5c34)cc21. The monoisotopic (exact) mass is 541 g/mol. The van der Waals surface area contributed by atoms with Crippen LogP contribution in [0.4, 0.5) is 17.1 Å². The number of para-hydroxylation sites is 2. The third-order valence-corrected chi connectivity index (χ3v) is 9.07. The maximum absolute atomic E-state index is 6.36. The summed E-state index contributed by atoms with van der Waals surface area (Å²) in [6.07, 6.45) is 0. The molecule has 9 rings (SSSR count). The van der Waals surface area contributed by atoms with Crippen LogP contribution in [0.2, 0.25) is 0 Å². The van der Waals surface area contributed by atoms with E-state index >= 15 is 0 Å². The fourth-order valence-electron chi connectivity index (χ4n) is 7.05. The molecule has 0 saturated carbocycles. The van der Waals surface area contributed by atoms with Crippen molar-refractivity contribution in [1.82, 2.24) is 0 Å². The molecule has 2 heterocycles. The molecule has 0 amide bonds. The van der Waals surface area contributed by atoms with Gasteiger partial charge in [0.15, 0.2) is 0 Å². The third kappa shape index (κ3) is 3.16. The van der Waals surface area contributed by atoms with E-state index in [0.717, 1.165) is 60.9 Å². The van der Waals surface area contributed by atoms with Crippen LogP contribution in [0.1, 0.15) is 25.0 Å². The van der Waals surface area contributed by atoms with Crippen LogP contribution < -0.4 is 4.90 Å². The first-order valence-electron chi connectivity index (χ1n) is 14.4. The Morgan fingerprint density at radius 3 is 1.98 bits per heavy atom. The molecule has 0 saturated heterocycles. The molecule has 200 valence electrons. The van der Waals surface area contributed by atoms with Crippen LogP contribution >= 0.6 is 0 Å². The van der Waals surface area contributed by atoms with Crippen LogP contribution in [0.15, 0.2) is 136 Å². The van der Waals surface area contributed by atoms with E-state index in [1.54, 1.807) is 0 Å². The molecule has 0 fully saturated rings. The Kier molecular flexibility index (Phi) is 4.67. The van der Waals surface area contributed by atoms with Crippen LogP contribution in [0.25, 0.3) is 55.0 Å². The number of nitrogens with zero attached hydrogens (tertiary/aromatic N) is 1. The van der Waals surface area contributed by atoms with Crippen molar-refractivity contribution in [2.45, 2.75) is 19.3 Å². The lowest BCUT2D eigenvalue weighted by molar-refractivity contribution is 0.660. The molecular weight excluding hydrogens is 514 g/mol. The Morgan fingerprint density at radius 2 is 1.10 bits per heavy atom. The molecule has 0 unspecified atom stereocenters. The summed E-state index contributed by atoms with van der Waals surface area (Å²) >= 11 is 0. The normalized spacial score (nSPS) is 13.7. The van der Waals surface area contributed by atoms with Gasteiger partial charge in [-0.3, -0.25) is 0 Å². The van der Waals surface area contributed by atoms with E-state index in [2.05, 4.69) is 122 Å². The van der Waals surface area contributed by atoms with Gasteiger partial charge in [0, 0.05) is 39.0 Å². The summed E-state index contributed by atoms with van der Waals surface area (Å²) in [6.45, 7) is 4.66. The second-order valence-corrected chi connectivity index (χ2v) is 11.8. The quantitative estimate of drug-likeness (QED) is 0.223. The number of benzene rings is 6. The number of hydrogen-bond donors (Lipinski definition) is 0. The van der Waals surface area contributed by atoms with Gasteiger partial charge in [-0.2, -0.15) is 0 Å². The fourth-order valence-corrected chi connectivity index (χ4v) is 7.05. The number of hydrogen-bond acceptors (Lipinski definition) is 3. The molecular formula is C39H27NO2. The van der Waals surface area contributed by atoms with E-state index < -0.39 is 0 Å². The van der Waals surface area contributed by atoms with Crippen molar-refractivity contribution in [2.24, 2.45) is 0 Å². The van der Waals surface area contributed by atoms with Crippen LogP contribution in [0.3, 0.4) is 0 Å². The lowest BCUT2D eigenvalue weighted by atomic mass is 9.82. The molecule has 0 bridgehead atoms.